The zero-order valence-corrected chi connectivity index (χ0v) is 4.53. The lowest BCUT2D eigenvalue weighted by Crippen LogP contribution is -1.88. The minimum Gasteiger partial charge on any atom is -0.496 e. The van der Waals surface area contributed by atoms with Gasteiger partial charge in [-0.25, -0.2) is 0 Å². The Kier molecular flexibility index (Phi) is 0.980. The van der Waals surface area contributed by atoms with Crippen molar-refractivity contribution < 1.29 is 10.2 Å². The highest BCUT2D eigenvalue weighted by Crippen LogP contribution is 2.22. The molecule has 0 saturated carbocycles. The molecule has 4 nitrogen and oxygen atoms in total. The van der Waals surface area contributed by atoms with Crippen molar-refractivity contribution in [1.29, 1.82) is 0 Å². The fourth-order valence-corrected chi connectivity index (χ4v) is 0.783. The van der Waals surface area contributed by atoms with Gasteiger partial charge in [0.2, 0.25) is 10.9 Å². The average molecular weight is 133 g/mol. The van der Waals surface area contributed by atoms with E-state index in [0.29, 0.717) is 11.3 Å². The van der Waals surface area contributed by atoms with E-state index in [1.165, 1.54) is 0 Å². The van der Waals surface area contributed by atoms with Crippen molar-refractivity contribution in [2.75, 3.05) is 0 Å². The Bertz CT molecular complexity index is 214. The second-order valence-electron chi connectivity index (χ2n) is 1.17. The van der Waals surface area contributed by atoms with Gasteiger partial charge in [0.15, 0.2) is 0 Å². The van der Waals surface area contributed by atoms with Crippen LogP contribution < -0.4 is 4.87 Å². The first-order chi connectivity index (χ1) is 3.70. The Hall–Kier alpha value is -0.970. The van der Waals surface area contributed by atoms with E-state index in [0.717, 1.165) is 0 Å². The van der Waals surface area contributed by atoms with Crippen molar-refractivity contribution in [2.45, 2.75) is 0 Å². The van der Waals surface area contributed by atoms with Gasteiger partial charge in [-0.15, -0.1) is 0 Å². The van der Waals surface area contributed by atoms with E-state index in [-0.39, 0.29) is 5.06 Å². The third-order valence-electron chi connectivity index (χ3n) is 0.612. The predicted molar refractivity (Wildman–Crippen MR) is 28.3 cm³/mol. The third kappa shape index (κ3) is 0.671. The number of aromatic amines is 1. The van der Waals surface area contributed by atoms with E-state index in [1.807, 2.05) is 4.98 Å². The normalized spacial score (nSPS) is 9.50. The Morgan fingerprint density at radius 3 is 2.25 bits per heavy atom. The molecule has 0 aliphatic rings. The molecule has 0 fully saturated rings. The van der Waals surface area contributed by atoms with Crippen LogP contribution >= 0.6 is 11.3 Å². The van der Waals surface area contributed by atoms with Crippen LogP contribution in [-0.4, -0.2) is 15.2 Å². The molecule has 0 atom stereocenters. The first-order valence-corrected chi connectivity index (χ1v) is 2.63. The van der Waals surface area contributed by atoms with E-state index in [4.69, 9.17) is 10.2 Å². The Balaban J connectivity index is 3.35. The molecule has 1 aromatic rings. The van der Waals surface area contributed by atoms with Gasteiger partial charge < -0.3 is 10.2 Å². The molecule has 1 rings (SSSR count). The van der Waals surface area contributed by atoms with Gasteiger partial charge in [0.1, 0.15) is 0 Å². The molecule has 0 aromatic carbocycles. The molecule has 1 heterocycles. The summed E-state index contributed by atoms with van der Waals surface area (Å²) in [5.74, 6) is -0.458. The van der Waals surface area contributed by atoms with E-state index in [2.05, 4.69) is 0 Å². The Morgan fingerprint density at radius 2 is 2.12 bits per heavy atom. The fraction of sp³-hybridized carbons (Fsp3) is 0. The molecular weight excluding hydrogens is 130 g/mol. The van der Waals surface area contributed by atoms with Crippen LogP contribution in [0.5, 0.6) is 10.9 Å². The Labute approximate surface area is 48.0 Å². The fourth-order valence-electron chi connectivity index (χ4n) is 0.312. The van der Waals surface area contributed by atoms with Crippen molar-refractivity contribution in [3.63, 3.8) is 0 Å². The van der Waals surface area contributed by atoms with Gasteiger partial charge >= 0.3 is 4.87 Å². The third-order valence-corrected chi connectivity index (χ3v) is 1.29. The number of hydrogen-bond donors (Lipinski definition) is 3. The van der Waals surface area contributed by atoms with Gasteiger partial charge in [-0.3, -0.25) is 9.78 Å². The quantitative estimate of drug-likeness (QED) is 0.460. The summed E-state index contributed by atoms with van der Waals surface area (Å²) in [6.45, 7) is 0. The van der Waals surface area contributed by atoms with Gasteiger partial charge in [0, 0.05) is 0 Å². The maximum absolute atomic E-state index is 10.2. The zero-order chi connectivity index (χ0) is 6.15. The molecule has 0 bridgehead atoms. The maximum atomic E-state index is 10.2. The molecule has 3 N–H and O–H groups in total. The summed E-state index contributed by atoms with van der Waals surface area (Å²) in [5, 5.41) is 16.6. The summed E-state index contributed by atoms with van der Waals surface area (Å²) in [7, 11) is 0. The number of hydrogen-bond acceptors (Lipinski definition) is 4. The highest BCUT2D eigenvalue weighted by molar-refractivity contribution is 7.11. The van der Waals surface area contributed by atoms with Crippen LogP contribution in [0.15, 0.2) is 4.79 Å². The molecule has 0 spiro atoms. The molecule has 0 radical (unpaired) electrons. The second kappa shape index (κ2) is 1.52. The highest BCUT2D eigenvalue weighted by atomic mass is 32.1. The van der Waals surface area contributed by atoms with E-state index in [1.54, 1.807) is 0 Å². The summed E-state index contributed by atoms with van der Waals surface area (Å²) >= 11 is 0.564. The van der Waals surface area contributed by atoms with Gasteiger partial charge in [0.05, 0.1) is 0 Å². The first kappa shape index (κ1) is 5.17. The van der Waals surface area contributed by atoms with Crippen LogP contribution in [0.1, 0.15) is 0 Å². The van der Waals surface area contributed by atoms with Crippen LogP contribution in [0.4, 0.5) is 0 Å². The molecule has 1 aromatic heterocycles. The minimum absolute atomic E-state index is 0.366. The summed E-state index contributed by atoms with van der Waals surface area (Å²) in [5.41, 5.74) is 0. The topological polar surface area (TPSA) is 73.3 Å². The smallest absolute Gasteiger partial charge is 0.310 e. The molecule has 0 amide bonds. The molecule has 0 aliphatic carbocycles. The molecular formula is C3H3NO3S. The summed E-state index contributed by atoms with van der Waals surface area (Å²) < 4.78 is 0. The van der Waals surface area contributed by atoms with Crippen molar-refractivity contribution in [2.24, 2.45) is 0 Å². The van der Waals surface area contributed by atoms with Gasteiger partial charge in [0.25, 0.3) is 0 Å². The minimum atomic E-state index is -0.458. The number of thiazole rings is 1. The molecule has 0 aliphatic heterocycles. The maximum Gasteiger partial charge on any atom is 0.310 e. The van der Waals surface area contributed by atoms with Crippen LogP contribution in [-0.2, 0) is 0 Å². The monoisotopic (exact) mass is 133 g/mol. The van der Waals surface area contributed by atoms with Crippen LogP contribution in [0.2, 0.25) is 0 Å². The lowest BCUT2D eigenvalue weighted by atomic mass is 10.9. The van der Waals surface area contributed by atoms with Crippen molar-refractivity contribution >= 4 is 11.3 Å². The number of H-pyrrole nitrogens is 1. The van der Waals surface area contributed by atoms with Gasteiger partial charge in [-0.1, -0.05) is 0 Å². The number of aromatic nitrogens is 1. The van der Waals surface area contributed by atoms with Crippen molar-refractivity contribution in [3.8, 4) is 10.9 Å². The zero-order valence-electron chi connectivity index (χ0n) is 3.71. The standard InChI is InChI=1S/C3H3NO3S/c5-1-2(6)8-3(7)4-1/h5-6H,(H,4,7). The molecule has 0 unspecified atom stereocenters. The van der Waals surface area contributed by atoms with Gasteiger partial charge in [-0.05, 0) is 11.3 Å². The lowest BCUT2D eigenvalue weighted by molar-refractivity contribution is 0.401. The van der Waals surface area contributed by atoms with Crippen LogP contribution in [0.25, 0.3) is 0 Å². The Morgan fingerprint density at radius 1 is 1.50 bits per heavy atom. The average Bonchev–Trinajstić information content (AvgIpc) is 1.85. The SMILES string of the molecule is O=c1[nH]c(O)c(O)s1. The second-order valence-corrected chi connectivity index (χ2v) is 2.13. The molecule has 0 saturated heterocycles. The van der Waals surface area contributed by atoms with E-state index in [9.17, 15) is 4.79 Å². The molecule has 44 valence electrons. The summed E-state index contributed by atoms with van der Waals surface area (Å²) in [4.78, 5) is 11.7. The number of rotatable bonds is 0. The van der Waals surface area contributed by atoms with E-state index >= 15 is 0 Å². The van der Waals surface area contributed by atoms with Crippen molar-refractivity contribution in [3.05, 3.63) is 9.67 Å². The first-order valence-electron chi connectivity index (χ1n) is 1.81. The van der Waals surface area contributed by atoms with Crippen LogP contribution in [0.3, 0.4) is 0 Å². The molecule has 8 heavy (non-hydrogen) atoms. The molecule has 5 heteroatoms. The van der Waals surface area contributed by atoms with Crippen LogP contribution in [0, 0.1) is 0 Å². The van der Waals surface area contributed by atoms with E-state index < -0.39 is 10.8 Å². The highest BCUT2D eigenvalue weighted by Gasteiger charge is 2.00. The summed E-state index contributed by atoms with van der Waals surface area (Å²) in [6.07, 6.45) is 0. The summed E-state index contributed by atoms with van der Waals surface area (Å²) in [6, 6.07) is 0. The number of nitrogens with one attached hydrogen (secondary N) is 1. The van der Waals surface area contributed by atoms with Crippen molar-refractivity contribution in [1.82, 2.24) is 4.98 Å². The van der Waals surface area contributed by atoms with Gasteiger partial charge in [-0.2, -0.15) is 0 Å². The lowest BCUT2D eigenvalue weighted by Gasteiger charge is -1.77. The largest absolute Gasteiger partial charge is 0.496 e. The predicted octanol–water partition coefficient (Wildman–Crippen LogP) is -0.152. The number of aromatic hydroxyl groups is 2.